The normalized spacial score (nSPS) is 10.6. The zero-order valence-electron chi connectivity index (χ0n) is 11.8. The Kier molecular flexibility index (Phi) is 4.74. The number of anilines is 1. The molecule has 0 atom stereocenters. The van der Waals surface area contributed by atoms with E-state index in [0.717, 1.165) is 11.3 Å². The Morgan fingerprint density at radius 2 is 2.05 bits per heavy atom. The minimum atomic E-state index is -0.0557. The molecule has 2 rings (SSSR count). The van der Waals surface area contributed by atoms with E-state index in [2.05, 4.69) is 24.1 Å². The molecule has 4 nitrogen and oxygen atoms in total. The number of carbonyl (C=O) groups is 1. The lowest BCUT2D eigenvalue weighted by molar-refractivity contribution is -0.115. The summed E-state index contributed by atoms with van der Waals surface area (Å²) in [7, 11) is 1.62. The first-order valence-corrected chi connectivity index (χ1v) is 7.28. The fraction of sp³-hybridized carbons (Fsp3) is 0.333. The van der Waals surface area contributed by atoms with Gasteiger partial charge in [0.2, 0.25) is 5.91 Å². The molecular formula is C15H18N2O2S. The van der Waals surface area contributed by atoms with Gasteiger partial charge in [-0.3, -0.25) is 4.79 Å². The van der Waals surface area contributed by atoms with E-state index in [1.165, 1.54) is 16.2 Å². The summed E-state index contributed by atoms with van der Waals surface area (Å²) < 4.78 is 5.09. The summed E-state index contributed by atoms with van der Waals surface area (Å²) in [6, 6.07) is 7.48. The summed E-state index contributed by atoms with van der Waals surface area (Å²) in [5, 5.41) is 3.49. The number of hydrogen-bond donors (Lipinski definition) is 1. The van der Waals surface area contributed by atoms with Crippen LogP contribution < -0.4 is 10.1 Å². The van der Waals surface area contributed by atoms with E-state index >= 15 is 0 Å². The van der Waals surface area contributed by atoms with E-state index in [4.69, 9.17) is 4.74 Å². The van der Waals surface area contributed by atoms with Gasteiger partial charge in [-0.25, -0.2) is 4.98 Å². The second-order valence-corrected chi connectivity index (χ2v) is 5.86. The first-order chi connectivity index (χ1) is 9.58. The monoisotopic (exact) mass is 290 g/mol. The van der Waals surface area contributed by atoms with Gasteiger partial charge in [-0.2, -0.15) is 0 Å². The third kappa shape index (κ3) is 3.81. The maximum atomic E-state index is 11.9. The van der Waals surface area contributed by atoms with Crippen LogP contribution in [0.15, 0.2) is 30.5 Å². The maximum Gasteiger partial charge on any atom is 0.230 e. The standard InChI is InChI=1S/C15H18N2O2S/c1-10(2)13-9-16-15(20-13)17-14(18)8-11-4-6-12(19-3)7-5-11/h4-7,9-10H,8H2,1-3H3,(H,16,17,18). The van der Waals surface area contributed by atoms with Crippen LogP contribution in [0.25, 0.3) is 0 Å². The number of hydrogen-bond acceptors (Lipinski definition) is 4. The number of carbonyl (C=O) groups excluding carboxylic acids is 1. The van der Waals surface area contributed by atoms with Gasteiger partial charge in [-0.05, 0) is 23.6 Å². The number of nitrogens with zero attached hydrogens (tertiary/aromatic N) is 1. The molecule has 0 aliphatic carbocycles. The van der Waals surface area contributed by atoms with Gasteiger partial charge in [-0.1, -0.05) is 26.0 Å². The van der Waals surface area contributed by atoms with Crippen molar-refractivity contribution in [2.75, 3.05) is 12.4 Å². The molecule has 1 aromatic carbocycles. The first kappa shape index (κ1) is 14.5. The molecule has 1 amide bonds. The number of rotatable bonds is 5. The smallest absolute Gasteiger partial charge is 0.230 e. The predicted octanol–water partition coefficient (Wildman–Crippen LogP) is 3.46. The number of benzene rings is 1. The average molecular weight is 290 g/mol. The number of amides is 1. The number of nitrogens with one attached hydrogen (secondary N) is 1. The second kappa shape index (κ2) is 6.52. The first-order valence-electron chi connectivity index (χ1n) is 6.47. The molecule has 0 saturated heterocycles. The SMILES string of the molecule is COc1ccc(CC(=O)Nc2ncc(C(C)C)s2)cc1. The van der Waals surface area contributed by atoms with Crippen LogP contribution in [-0.2, 0) is 11.2 Å². The Labute approximate surface area is 122 Å². The molecule has 0 spiro atoms. The molecule has 0 fully saturated rings. The van der Waals surface area contributed by atoms with Crippen molar-refractivity contribution in [1.82, 2.24) is 4.98 Å². The highest BCUT2D eigenvalue weighted by molar-refractivity contribution is 7.15. The molecule has 0 saturated carbocycles. The van der Waals surface area contributed by atoms with Gasteiger partial charge >= 0.3 is 0 Å². The summed E-state index contributed by atoms with van der Waals surface area (Å²) in [4.78, 5) is 17.3. The van der Waals surface area contributed by atoms with Crippen molar-refractivity contribution in [3.63, 3.8) is 0 Å². The molecule has 0 aliphatic heterocycles. The van der Waals surface area contributed by atoms with E-state index in [1.807, 2.05) is 30.5 Å². The van der Waals surface area contributed by atoms with Crippen molar-refractivity contribution in [3.8, 4) is 5.75 Å². The van der Waals surface area contributed by atoms with Crippen molar-refractivity contribution in [2.45, 2.75) is 26.2 Å². The minimum Gasteiger partial charge on any atom is -0.497 e. The third-order valence-electron chi connectivity index (χ3n) is 2.86. The second-order valence-electron chi connectivity index (χ2n) is 4.80. The van der Waals surface area contributed by atoms with E-state index in [1.54, 1.807) is 7.11 Å². The molecule has 0 unspecified atom stereocenters. The molecule has 1 aromatic heterocycles. The van der Waals surface area contributed by atoms with Crippen molar-refractivity contribution < 1.29 is 9.53 Å². The summed E-state index contributed by atoms with van der Waals surface area (Å²) in [5.74, 6) is 1.16. The lowest BCUT2D eigenvalue weighted by Gasteiger charge is -2.04. The van der Waals surface area contributed by atoms with Crippen LogP contribution in [0.5, 0.6) is 5.75 Å². The van der Waals surface area contributed by atoms with Crippen LogP contribution in [0, 0.1) is 0 Å². The van der Waals surface area contributed by atoms with Crippen LogP contribution in [0.3, 0.4) is 0 Å². The molecule has 106 valence electrons. The van der Waals surface area contributed by atoms with Crippen LogP contribution >= 0.6 is 11.3 Å². The molecular weight excluding hydrogens is 272 g/mol. The fourth-order valence-corrected chi connectivity index (χ4v) is 2.54. The summed E-state index contributed by atoms with van der Waals surface area (Å²) in [6.07, 6.45) is 2.15. The molecule has 2 aromatic rings. The Morgan fingerprint density at radius 3 is 2.60 bits per heavy atom. The summed E-state index contributed by atoms with van der Waals surface area (Å²) in [5.41, 5.74) is 0.948. The van der Waals surface area contributed by atoms with Gasteiger partial charge in [0.25, 0.3) is 0 Å². The highest BCUT2D eigenvalue weighted by atomic mass is 32.1. The van der Waals surface area contributed by atoms with E-state index < -0.39 is 0 Å². The van der Waals surface area contributed by atoms with Crippen molar-refractivity contribution in [3.05, 3.63) is 40.9 Å². The van der Waals surface area contributed by atoms with Gasteiger partial charge in [0.15, 0.2) is 5.13 Å². The van der Waals surface area contributed by atoms with Crippen molar-refractivity contribution in [1.29, 1.82) is 0 Å². The molecule has 5 heteroatoms. The summed E-state index contributed by atoms with van der Waals surface area (Å²) in [6.45, 7) is 4.22. The van der Waals surface area contributed by atoms with Crippen LogP contribution in [0.2, 0.25) is 0 Å². The fourth-order valence-electron chi connectivity index (χ4n) is 1.70. The van der Waals surface area contributed by atoms with Crippen LogP contribution in [0.4, 0.5) is 5.13 Å². The average Bonchev–Trinajstić information content (AvgIpc) is 2.88. The Bertz CT molecular complexity index is 576. The van der Waals surface area contributed by atoms with Gasteiger partial charge < -0.3 is 10.1 Å². The number of methoxy groups -OCH3 is 1. The van der Waals surface area contributed by atoms with Crippen LogP contribution in [-0.4, -0.2) is 18.0 Å². The highest BCUT2D eigenvalue weighted by Gasteiger charge is 2.09. The van der Waals surface area contributed by atoms with Gasteiger partial charge in [-0.15, -0.1) is 11.3 Å². The van der Waals surface area contributed by atoms with E-state index in [9.17, 15) is 4.79 Å². The molecule has 0 aliphatic rings. The van der Waals surface area contributed by atoms with Crippen molar-refractivity contribution >= 4 is 22.4 Å². The summed E-state index contributed by atoms with van der Waals surface area (Å²) >= 11 is 1.52. The molecule has 20 heavy (non-hydrogen) atoms. The zero-order chi connectivity index (χ0) is 14.5. The Balaban J connectivity index is 1.93. The maximum absolute atomic E-state index is 11.9. The topological polar surface area (TPSA) is 51.2 Å². The van der Waals surface area contributed by atoms with Gasteiger partial charge in [0.1, 0.15) is 5.75 Å². The molecule has 0 radical (unpaired) electrons. The Hall–Kier alpha value is -1.88. The predicted molar refractivity (Wildman–Crippen MR) is 81.5 cm³/mol. The quantitative estimate of drug-likeness (QED) is 0.917. The lowest BCUT2D eigenvalue weighted by atomic mass is 10.1. The number of aromatic nitrogens is 1. The highest BCUT2D eigenvalue weighted by Crippen LogP contribution is 2.25. The van der Waals surface area contributed by atoms with Crippen LogP contribution in [0.1, 0.15) is 30.2 Å². The molecule has 0 bridgehead atoms. The lowest BCUT2D eigenvalue weighted by Crippen LogP contribution is -2.14. The third-order valence-corrected chi connectivity index (χ3v) is 4.08. The molecule has 1 heterocycles. The van der Waals surface area contributed by atoms with Crippen molar-refractivity contribution in [2.24, 2.45) is 0 Å². The minimum absolute atomic E-state index is 0.0557. The zero-order valence-corrected chi connectivity index (χ0v) is 12.7. The Morgan fingerprint density at radius 1 is 1.35 bits per heavy atom. The number of thiazole rings is 1. The van der Waals surface area contributed by atoms with Gasteiger partial charge in [0.05, 0.1) is 13.5 Å². The largest absolute Gasteiger partial charge is 0.497 e. The van der Waals surface area contributed by atoms with E-state index in [-0.39, 0.29) is 5.91 Å². The van der Waals surface area contributed by atoms with E-state index in [0.29, 0.717) is 17.5 Å². The molecule has 1 N–H and O–H groups in total. The van der Waals surface area contributed by atoms with Gasteiger partial charge in [0, 0.05) is 11.1 Å². The number of ether oxygens (including phenoxy) is 1.